The lowest BCUT2D eigenvalue weighted by Crippen LogP contribution is -2.18. The average molecular weight is 287 g/mol. The number of hydrogen-bond donors (Lipinski definition) is 3. The number of ether oxygens (including phenoxy) is 1. The molecule has 0 bridgehead atoms. The van der Waals surface area contributed by atoms with Crippen LogP contribution in [0.5, 0.6) is 11.5 Å². The van der Waals surface area contributed by atoms with E-state index in [0.717, 1.165) is 0 Å². The zero-order valence-electron chi connectivity index (χ0n) is 8.40. The van der Waals surface area contributed by atoms with Gasteiger partial charge in [0.15, 0.2) is 0 Å². The molecule has 1 aromatic carbocycles. The smallest absolute Gasteiger partial charge is 0.137 e. The predicted octanol–water partition coefficient (Wildman–Crippen LogP) is 1.57. The van der Waals surface area contributed by atoms with Crippen molar-refractivity contribution in [1.82, 2.24) is 0 Å². The molecule has 0 amide bonds. The molecule has 1 aliphatic rings. The van der Waals surface area contributed by atoms with Gasteiger partial charge in [0.1, 0.15) is 11.5 Å². The summed E-state index contributed by atoms with van der Waals surface area (Å²) in [7, 11) is 0. The third kappa shape index (κ3) is 1.64. The summed E-state index contributed by atoms with van der Waals surface area (Å²) >= 11 is 3.22. The lowest BCUT2D eigenvalue weighted by molar-refractivity contribution is 0.295. The van der Waals surface area contributed by atoms with E-state index in [1.807, 2.05) is 0 Å². The van der Waals surface area contributed by atoms with E-state index in [0.29, 0.717) is 40.1 Å². The lowest BCUT2D eigenvalue weighted by atomic mass is 10.00. The van der Waals surface area contributed by atoms with E-state index >= 15 is 0 Å². The molecule has 4 N–H and O–H groups in total. The number of nitrogens with two attached hydrogens (primary N) is 1. The maximum atomic E-state index is 9.80. The summed E-state index contributed by atoms with van der Waals surface area (Å²) in [6, 6.07) is 1.66. The van der Waals surface area contributed by atoms with Crippen LogP contribution >= 0.6 is 15.9 Å². The third-order valence-corrected chi connectivity index (χ3v) is 3.13. The number of rotatable bonds is 1. The number of nitrogens with zero attached hydrogens (tertiary/aromatic N) is 1. The summed E-state index contributed by atoms with van der Waals surface area (Å²) in [5.41, 5.74) is 7.29. The summed E-state index contributed by atoms with van der Waals surface area (Å²) in [6.45, 7) is 0.576. The van der Waals surface area contributed by atoms with E-state index in [4.69, 9.17) is 15.7 Å². The summed E-state index contributed by atoms with van der Waals surface area (Å²) in [5, 5.41) is 21.9. The van der Waals surface area contributed by atoms with Crippen molar-refractivity contribution in [1.29, 1.82) is 0 Å². The molecule has 0 fully saturated rings. The van der Waals surface area contributed by atoms with Crippen LogP contribution in [0.15, 0.2) is 15.7 Å². The van der Waals surface area contributed by atoms with E-state index in [-0.39, 0.29) is 12.3 Å². The Bertz CT molecular complexity index is 460. The number of oxime groups is 1. The van der Waals surface area contributed by atoms with Gasteiger partial charge in [0.2, 0.25) is 0 Å². The first-order valence-corrected chi connectivity index (χ1v) is 5.56. The molecule has 0 unspecified atom stereocenters. The van der Waals surface area contributed by atoms with Crippen molar-refractivity contribution in [2.24, 2.45) is 10.9 Å². The first kappa shape index (κ1) is 11.2. The second-order valence-corrected chi connectivity index (χ2v) is 4.27. The van der Waals surface area contributed by atoms with Crippen LogP contribution in [0.4, 0.5) is 0 Å². The highest BCUT2D eigenvalue weighted by Gasteiger charge is 2.24. The zero-order valence-corrected chi connectivity index (χ0v) is 9.99. The van der Waals surface area contributed by atoms with Crippen LogP contribution in [0.2, 0.25) is 0 Å². The van der Waals surface area contributed by atoms with Crippen molar-refractivity contribution in [3.05, 3.63) is 21.7 Å². The molecule has 1 aromatic rings. The molecule has 6 heteroatoms. The Kier molecular flexibility index (Phi) is 3.02. The minimum absolute atomic E-state index is 0.0699. The molecule has 0 spiro atoms. The number of phenolic OH excluding ortho intramolecular Hbond substituents is 1. The monoisotopic (exact) mass is 286 g/mol. The topological polar surface area (TPSA) is 88.1 Å². The van der Waals surface area contributed by atoms with Crippen LogP contribution in [-0.2, 0) is 6.54 Å². The maximum Gasteiger partial charge on any atom is 0.137 e. The number of hydrogen-bond acceptors (Lipinski definition) is 5. The Hall–Kier alpha value is -1.27. The fourth-order valence-electron chi connectivity index (χ4n) is 1.73. The molecular formula is C10H11BrN2O3. The number of halogens is 1. The van der Waals surface area contributed by atoms with Gasteiger partial charge in [-0.05, 0) is 22.0 Å². The molecule has 0 aromatic heterocycles. The summed E-state index contributed by atoms with van der Waals surface area (Å²) in [5.74, 6) is 0.572. The van der Waals surface area contributed by atoms with Crippen molar-refractivity contribution in [2.75, 3.05) is 6.61 Å². The molecule has 0 atom stereocenters. The largest absolute Gasteiger partial charge is 0.506 e. The van der Waals surface area contributed by atoms with Gasteiger partial charge in [-0.25, -0.2) is 0 Å². The molecule has 2 rings (SSSR count). The predicted molar refractivity (Wildman–Crippen MR) is 62.1 cm³/mol. The highest BCUT2D eigenvalue weighted by atomic mass is 79.9. The summed E-state index contributed by atoms with van der Waals surface area (Å²) in [4.78, 5) is 0. The molecule has 0 saturated carbocycles. The number of aromatic hydroxyl groups is 1. The Morgan fingerprint density at radius 2 is 2.31 bits per heavy atom. The average Bonchev–Trinajstić information content (AvgIpc) is 2.30. The van der Waals surface area contributed by atoms with E-state index in [2.05, 4.69) is 21.1 Å². The van der Waals surface area contributed by atoms with Crippen molar-refractivity contribution in [3.63, 3.8) is 0 Å². The molecule has 0 saturated heterocycles. The van der Waals surface area contributed by atoms with Gasteiger partial charge in [0, 0.05) is 18.5 Å². The van der Waals surface area contributed by atoms with Gasteiger partial charge in [-0.15, -0.1) is 0 Å². The highest BCUT2D eigenvalue weighted by Crippen LogP contribution is 2.40. The Balaban J connectivity index is 2.69. The van der Waals surface area contributed by atoms with Gasteiger partial charge < -0.3 is 20.8 Å². The molecular weight excluding hydrogens is 276 g/mol. The van der Waals surface area contributed by atoms with Crippen LogP contribution in [0.25, 0.3) is 0 Å². The van der Waals surface area contributed by atoms with Crippen LogP contribution in [-0.4, -0.2) is 22.6 Å². The number of fused-ring (bicyclic) bond motifs is 1. The minimum Gasteiger partial charge on any atom is -0.506 e. The Labute approximate surface area is 101 Å². The fourth-order valence-corrected chi connectivity index (χ4v) is 2.20. The van der Waals surface area contributed by atoms with Gasteiger partial charge in [-0.2, -0.15) is 0 Å². The Morgan fingerprint density at radius 1 is 1.56 bits per heavy atom. The second kappa shape index (κ2) is 4.31. The number of benzene rings is 1. The minimum atomic E-state index is 0.0699. The normalized spacial score (nSPS) is 17.0. The molecule has 0 aliphatic carbocycles. The summed E-state index contributed by atoms with van der Waals surface area (Å²) in [6.07, 6.45) is 0.532. The van der Waals surface area contributed by atoms with E-state index in [9.17, 15) is 5.11 Å². The van der Waals surface area contributed by atoms with Gasteiger partial charge >= 0.3 is 0 Å². The van der Waals surface area contributed by atoms with Gasteiger partial charge in [-0.3, -0.25) is 0 Å². The summed E-state index contributed by atoms with van der Waals surface area (Å²) < 4.78 is 5.97. The molecule has 86 valence electrons. The van der Waals surface area contributed by atoms with Crippen molar-refractivity contribution in [2.45, 2.75) is 13.0 Å². The second-order valence-electron chi connectivity index (χ2n) is 3.41. The SMILES string of the molecule is NCc1c(O)c(Br)cc2c1OCC/C2=N\O. The third-order valence-electron chi connectivity index (χ3n) is 2.52. The molecule has 1 heterocycles. The quantitative estimate of drug-likeness (QED) is 0.540. The van der Waals surface area contributed by atoms with Crippen LogP contribution < -0.4 is 10.5 Å². The molecule has 0 radical (unpaired) electrons. The van der Waals surface area contributed by atoms with Crippen LogP contribution in [0.3, 0.4) is 0 Å². The molecule has 1 aliphatic heterocycles. The fraction of sp³-hybridized carbons (Fsp3) is 0.300. The highest BCUT2D eigenvalue weighted by molar-refractivity contribution is 9.10. The first-order chi connectivity index (χ1) is 7.69. The lowest BCUT2D eigenvalue weighted by Gasteiger charge is -2.22. The van der Waals surface area contributed by atoms with Gasteiger partial charge in [-0.1, -0.05) is 5.16 Å². The van der Waals surface area contributed by atoms with E-state index < -0.39 is 0 Å². The van der Waals surface area contributed by atoms with Crippen LogP contribution in [0, 0.1) is 0 Å². The van der Waals surface area contributed by atoms with Crippen molar-refractivity contribution < 1.29 is 15.1 Å². The van der Waals surface area contributed by atoms with Crippen molar-refractivity contribution in [3.8, 4) is 11.5 Å². The molecule has 5 nitrogen and oxygen atoms in total. The Morgan fingerprint density at radius 3 is 2.94 bits per heavy atom. The van der Waals surface area contributed by atoms with Crippen LogP contribution in [0.1, 0.15) is 17.5 Å². The molecule has 16 heavy (non-hydrogen) atoms. The zero-order chi connectivity index (χ0) is 11.7. The van der Waals surface area contributed by atoms with Gasteiger partial charge in [0.25, 0.3) is 0 Å². The van der Waals surface area contributed by atoms with E-state index in [1.54, 1.807) is 6.07 Å². The standard InChI is InChI=1S/C10H11BrN2O3/c11-7-3-5-8(13-15)1-2-16-10(5)6(4-12)9(7)14/h3,14-15H,1-2,4,12H2/b13-8+. The van der Waals surface area contributed by atoms with Gasteiger partial charge in [0.05, 0.1) is 22.4 Å². The number of phenols is 1. The van der Waals surface area contributed by atoms with E-state index in [1.165, 1.54) is 0 Å². The van der Waals surface area contributed by atoms with Crippen molar-refractivity contribution >= 4 is 21.6 Å². The maximum absolute atomic E-state index is 9.80. The first-order valence-electron chi connectivity index (χ1n) is 4.77.